The second-order valence-electron chi connectivity index (χ2n) is 6.90. The van der Waals surface area contributed by atoms with Crippen molar-refractivity contribution in [3.63, 3.8) is 0 Å². The molecule has 2 aromatic heterocycles. The third-order valence-corrected chi connectivity index (χ3v) is 6.11. The Morgan fingerprint density at radius 1 is 1.07 bits per heavy atom. The number of nitrogens with zero attached hydrogens (tertiary/aromatic N) is 2. The lowest BCUT2D eigenvalue weighted by molar-refractivity contribution is 0.0997. The minimum atomic E-state index is -0.331. The molecule has 0 aliphatic carbocycles. The maximum Gasteiger partial charge on any atom is 0.293 e. The lowest BCUT2D eigenvalue weighted by atomic mass is 10.2. The Morgan fingerprint density at radius 3 is 2.67 bits per heavy atom. The van der Waals surface area contributed by atoms with Gasteiger partial charge >= 0.3 is 0 Å². The molecule has 1 aliphatic heterocycles. The fourth-order valence-corrected chi connectivity index (χ4v) is 4.39. The molecule has 0 bridgehead atoms. The number of hydrogen-bond acceptors (Lipinski definition) is 6. The number of amides is 1. The summed E-state index contributed by atoms with van der Waals surface area (Å²) in [6.45, 7) is 3.23. The summed E-state index contributed by atoms with van der Waals surface area (Å²) in [6.07, 6.45) is 0. The second-order valence-corrected chi connectivity index (χ2v) is 8.36. The van der Waals surface area contributed by atoms with Gasteiger partial charge in [-0.05, 0) is 54.6 Å². The number of ether oxygens (including phenoxy) is 1. The van der Waals surface area contributed by atoms with Crippen LogP contribution in [0.5, 0.6) is 0 Å². The molecule has 30 heavy (non-hydrogen) atoms. The van der Waals surface area contributed by atoms with E-state index in [1.54, 1.807) is 24.3 Å². The number of halogens is 1. The van der Waals surface area contributed by atoms with E-state index in [0.717, 1.165) is 47.8 Å². The molecule has 2 aromatic carbocycles. The van der Waals surface area contributed by atoms with E-state index in [0.29, 0.717) is 15.9 Å². The predicted molar refractivity (Wildman–Crippen MR) is 120 cm³/mol. The van der Waals surface area contributed by atoms with E-state index in [-0.39, 0.29) is 11.7 Å². The first-order valence-corrected chi connectivity index (χ1v) is 10.8. The van der Waals surface area contributed by atoms with Gasteiger partial charge in [0.05, 0.1) is 23.4 Å². The van der Waals surface area contributed by atoms with Crippen molar-refractivity contribution in [3.05, 3.63) is 65.4 Å². The summed E-state index contributed by atoms with van der Waals surface area (Å²) >= 11 is 7.37. The van der Waals surface area contributed by atoms with Gasteiger partial charge in [0, 0.05) is 29.4 Å². The van der Waals surface area contributed by atoms with Gasteiger partial charge in [0.15, 0.2) is 10.9 Å². The van der Waals surface area contributed by atoms with Crippen LogP contribution in [0.2, 0.25) is 5.02 Å². The van der Waals surface area contributed by atoms with Crippen LogP contribution in [-0.4, -0.2) is 37.2 Å². The predicted octanol–water partition coefficient (Wildman–Crippen LogP) is 5.30. The molecule has 1 N–H and O–H groups in total. The van der Waals surface area contributed by atoms with Crippen molar-refractivity contribution in [2.24, 2.45) is 0 Å². The van der Waals surface area contributed by atoms with Crippen LogP contribution in [0.15, 0.2) is 59.0 Å². The second kappa shape index (κ2) is 8.10. The number of furan rings is 1. The SMILES string of the molecule is O=C(Nc1nc2ccc(N3CCOCC3)cc2s1)c1ccc(-c2ccc(Cl)cc2)o1. The summed E-state index contributed by atoms with van der Waals surface area (Å²) in [5.74, 6) is 0.507. The number of thiazole rings is 1. The standard InChI is InChI=1S/C22H18ClN3O3S/c23-15-3-1-14(2-4-15)18-7-8-19(29-18)21(27)25-22-24-17-6-5-16(13-20(17)30-22)26-9-11-28-12-10-26/h1-8,13H,9-12H2,(H,24,25,27). The van der Waals surface area contributed by atoms with Crippen molar-refractivity contribution in [1.29, 1.82) is 0 Å². The first-order valence-electron chi connectivity index (χ1n) is 9.56. The van der Waals surface area contributed by atoms with E-state index in [9.17, 15) is 4.79 Å². The van der Waals surface area contributed by atoms with Gasteiger partial charge in [0.1, 0.15) is 5.76 Å². The van der Waals surface area contributed by atoms with Gasteiger partial charge in [0.25, 0.3) is 5.91 Å². The molecule has 152 valence electrons. The third kappa shape index (κ3) is 3.92. The largest absolute Gasteiger partial charge is 0.451 e. The fourth-order valence-electron chi connectivity index (χ4n) is 3.37. The van der Waals surface area contributed by atoms with Crippen molar-refractivity contribution >= 4 is 49.9 Å². The number of fused-ring (bicyclic) bond motifs is 1. The average Bonchev–Trinajstić information content (AvgIpc) is 3.41. The zero-order valence-electron chi connectivity index (χ0n) is 15.9. The zero-order valence-corrected chi connectivity index (χ0v) is 17.5. The highest BCUT2D eigenvalue weighted by Crippen LogP contribution is 2.31. The van der Waals surface area contributed by atoms with Crippen LogP contribution in [0, 0.1) is 0 Å². The molecule has 4 aromatic rings. The topological polar surface area (TPSA) is 67.6 Å². The highest BCUT2D eigenvalue weighted by Gasteiger charge is 2.16. The maximum absolute atomic E-state index is 12.6. The van der Waals surface area contributed by atoms with Crippen molar-refractivity contribution in [3.8, 4) is 11.3 Å². The minimum Gasteiger partial charge on any atom is -0.451 e. The van der Waals surface area contributed by atoms with Crippen LogP contribution >= 0.6 is 22.9 Å². The summed E-state index contributed by atoms with van der Waals surface area (Å²) in [7, 11) is 0. The van der Waals surface area contributed by atoms with Gasteiger partial charge in [-0.1, -0.05) is 22.9 Å². The summed E-state index contributed by atoms with van der Waals surface area (Å²) in [5, 5.41) is 4.03. The molecular weight excluding hydrogens is 422 g/mol. The zero-order chi connectivity index (χ0) is 20.5. The van der Waals surface area contributed by atoms with E-state index in [1.165, 1.54) is 11.3 Å². The normalized spacial score (nSPS) is 14.2. The van der Waals surface area contributed by atoms with E-state index in [1.807, 2.05) is 18.2 Å². The number of hydrogen-bond donors (Lipinski definition) is 1. The summed E-state index contributed by atoms with van der Waals surface area (Å²) in [6, 6.07) is 16.8. The van der Waals surface area contributed by atoms with Gasteiger partial charge < -0.3 is 14.1 Å². The molecule has 1 aliphatic rings. The number of carbonyl (C=O) groups excluding carboxylic acids is 1. The Hall–Kier alpha value is -2.87. The van der Waals surface area contributed by atoms with Crippen LogP contribution in [0.4, 0.5) is 10.8 Å². The van der Waals surface area contributed by atoms with E-state index < -0.39 is 0 Å². The lowest BCUT2D eigenvalue weighted by Gasteiger charge is -2.28. The molecule has 1 fully saturated rings. The lowest BCUT2D eigenvalue weighted by Crippen LogP contribution is -2.36. The quantitative estimate of drug-likeness (QED) is 0.467. The molecule has 0 saturated carbocycles. The van der Waals surface area contributed by atoms with Gasteiger partial charge in [-0.3, -0.25) is 10.1 Å². The van der Waals surface area contributed by atoms with Crippen molar-refractivity contribution in [2.75, 3.05) is 36.5 Å². The fraction of sp³-hybridized carbons (Fsp3) is 0.182. The average molecular weight is 440 g/mol. The Morgan fingerprint density at radius 2 is 1.87 bits per heavy atom. The number of morpholine rings is 1. The minimum absolute atomic E-state index is 0.230. The molecule has 1 amide bonds. The van der Waals surface area contributed by atoms with Gasteiger partial charge in [-0.15, -0.1) is 0 Å². The van der Waals surface area contributed by atoms with E-state index in [4.69, 9.17) is 20.8 Å². The third-order valence-electron chi connectivity index (χ3n) is 4.93. The van der Waals surface area contributed by atoms with Crippen LogP contribution < -0.4 is 10.2 Å². The molecule has 1 saturated heterocycles. The molecule has 6 nitrogen and oxygen atoms in total. The Labute approximate surface area is 182 Å². The summed E-state index contributed by atoms with van der Waals surface area (Å²) in [4.78, 5) is 19.4. The first-order chi connectivity index (χ1) is 14.7. The molecule has 0 unspecified atom stereocenters. The van der Waals surface area contributed by atoms with Crippen LogP contribution in [-0.2, 0) is 4.74 Å². The molecule has 0 atom stereocenters. The first kappa shape index (κ1) is 19.1. The smallest absolute Gasteiger partial charge is 0.293 e. The molecule has 3 heterocycles. The van der Waals surface area contributed by atoms with Gasteiger partial charge in [-0.2, -0.15) is 0 Å². The summed E-state index contributed by atoms with van der Waals surface area (Å²) < 4.78 is 12.2. The van der Waals surface area contributed by atoms with Crippen molar-refractivity contribution in [1.82, 2.24) is 4.98 Å². The van der Waals surface area contributed by atoms with Crippen molar-refractivity contribution in [2.45, 2.75) is 0 Å². The number of nitrogens with one attached hydrogen (secondary N) is 1. The Balaban J connectivity index is 1.32. The molecule has 0 spiro atoms. The van der Waals surface area contributed by atoms with Crippen molar-refractivity contribution < 1.29 is 13.9 Å². The number of benzene rings is 2. The molecule has 0 radical (unpaired) electrons. The highest BCUT2D eigenvalue weighted by molar-refractivity contribution is 7.22. The monoisotopic (exact) mass is 439 g/mol. The number of rotatable bonds is 4. The number of carbonyl (C=O) groups is 1. The van der Waals surface area contributed by atoms with Crippen LogP contribution in [0.25, 0.3) is 21.5 Å². The van der Waals surface area contributed by atoms with Crippen LogP contribution in [0.1, 0.15) is 10.6 Å². The molecule has 8 heteroatoms. The molecular formula is C22H18ClN3O3S. The van der Waals surface area contributed by atoms with E-state index in [2.05, 4.69) is 27.3 Å². The molecule has 5 rings (SSSR count). The van der Waals surface area contributed by atoms with Gasteiger partial charge in [0.2, 0.25) is 0 Å². The summed E-state index contributed by atoms with van der Waals surface area (Å²) in [5.41, 5.74) is 2.86. The number of aromatic nitrogens is 1. The highest BCUT2D eigenvalue weighted by atomic mass is 35.5. The van der Waals surface area contributed by atoms with Crippen LogP contribution in [0.3, 0.4) is 0 Å². The van der Waals surface area contributed by atoms with E-state index >= 15 is 0 Å². The maximum atomic E-state index is 12.6. The van der Waals surface area contributed by atoms with Gasteiger partial charge in [-0.25, -0.2) is 4.98 Å². The Kier molecular flexibility index (Phi) is 5.16. The Bertz CT molecular complexity index is 1200. The number of anilines is 2.